The predicted octanol–water partition coefficient (Wildman–Crippen LogP) is 5.07. The highest BCUT2D eigenvalue weighted by molar-refractivity contribution is 5.78. The monoisotopic (exact) mass is 422 g/mol. The maximum atomic E-state index is 13.2. The van der Waals surface area contributed by atoms with Crippen molar-refractivity contribution in [3.63, 3.8) is 0 Å². The second kappa shape index (κ2) is 9.99. The number of rotatable bonds is 5. The van der Waals surface area contributed by atoms with Gasteiger partial charge < -0.3 is 14.5 Å². The molecule has 5 heteroatoms. The molecule has 0 aliphatic carbocycles. The van der Waals surface area contributed by atoms with Crippen LogP contribution in [0, 0.1) is 0 Å². The van der Waals surface area contributed by atoms with Gasteiger partial charge in [-0.05, 0) is 44.7 Å². The van der Waals surface area contributed by atoms with Crippen molar-refractivity contribution in [3.8, 4) is 0 Å². The molecule has 0 saturated carbocycles. The van der Waals surface area contributed by atoms with Crippen molar-refractivity contribution in [2.45, 2.75) is 57.6 Å². The molecule has 0 spiro atoms. The Hall–Kier alpha value is -2.82. The van der Waals surface area contributed by atoms with Crippen LogP contribution in [-0.4, -0.2) is 53.6 Å². The molecular formula is C26H34N2O3. The van der Waals surface area contributed by atoms with E-state index in [2.05, 4.69) is 24.3 Å². The van der Waals surface area contributed by atoms with E-state index in [0.717, 1.165) is 24.0 Å². The van der Waals surface area contributed by atoms with E-state index < -0.39 is 5.60 Å². The van der Waals surface area contributed by atoms with Crippen molar-refractivity contribution >= 4 is 12.0 Å². The number of hydrogen-bond acceptors (Lipinski definition) is 3. The summed E-state index contributed by atoms with van der Waals surface area (Å²) in [6.07, 6.45) is 1.69. The largest absolute Gasteiger partial charge is 0.444 e. The molecule has 31 heavy (non-hydrogen) atoms. The van der Waals surface area contributed by atoms with Gasteiger partial charge in [0.1, 0.15) is 5.60 Å². The zero-order valence-electron chi connectivity index (χ0n) is 19.1. The summed E-state index contributed by atoms with van der Waals surface area (Å²) >= 11 is 0. The summed E-state index contributed by atoms with van der Waals surface area (Å²) in [5, 5.41) is 0. The molecule has 5 nitrogen and oxygen atoms in total. The molecule has 0 unspecified atom stereocenters. The van der Waals surface area contributed by atoms with Crippen molar-refractivity contribution in [3.05, 3.63) is 71.8 Å². The molecule has 0 aromatic heterocycles. The van der Waals surface area contributed by atoms with Crippen LogP contribution in [0.1, 0.15) is 57.1 Å². The average molecular weight is 423 g/mol. The Morgan fingerprint density at radius 3 is 1.90 bits per heavy atom. The number of carbonyl (C=O) groups excluding carboxylic acids is 2. The molecule has 1 heterocycles. The highest BCUT2D eigenvalue weighted by Crippen LogP contribution is 2.29. The van der Waals surface area contributed by atoms with E-state index in [9.17, 15) is 9.59 Å². The van der Waals surface area contributed by atoms with Gasteiger partial charge in [-0.1, -0.05) is 60.7 Å². The highest BCUT2D eigenvalue weighted by atomic mass is 16.6. The first-order valence-electron chi connectivity index (χ1n) is 11.1. The quantitative estimate of drug-likeness (QED) is 0.676. The molecule has 166 valence electrons. The number of amides is 2. The van der Waals surface area contributed by atoms with Crippen molar-refractivity contribution in [2.75, 3.05) is 20.1 Å². The van der Waals surface area contributed by atoms with Crippen LogP contribution in [0.15, 0.2) is 60.7 Å². The van der Waals surface area contributed by atoms with E-state index in [1.54, 1.807) is 4.90 Å². The number of piperidine rings is 1. The van der Waals surface area contributed by atoms with Crippen LogP contribution in [0.25, 0.3) is 0 Å². The van der Waals surface area contributed by atoms with Crippen LogP contribution in [0.2, 0.25) is 0 Å². The van der Waals surface area contributed by atoms with Gasteiger partial charge in [-0.15, -0.1) is 0 Å². The summed E-state index contributed by atoms with van der Waals surface area (Å²) in [6.45, 7) is 6.84. The summed E-state index contributed by atoms with van der Waals surface area (Å²) in [4.78, 5) is 29.2. The van der Waals surface area contributed by atoms with Crippen molar-refractivity contribution in [2.24, 2.45) is 0 Å². The molecule has 1 fully saturated rings. The van der Waals surface area contributed by atoms with Gasteiger partial charge in [-0.25, -0.2) is 4.79 Å². The third kappa shape index (κ3) is 6.33. The number of ether oxygens (including phenoxy) is 1. The number of likely N-dealkylation sites (tertiary alicyclic amines) is 1. The van der Waals surface area contributed by atoms with Crippen LogP contribution in [0.4, 0.5) is 4.79 Å². The molecule has 1 aliphatic heterocycles. The second-order valence-corrected chi connectivity index (χ2v) is 9.28. The maximum Gasteiger partial charge on any atom is 0.410 e. The van der Waals surface area contributed by atoms with Gasteiger partial charge in [0.05, 0.1) is 0 Å². The van der Waals surface area contributed by atoms with Crippen LogP contribution in [0.5, 0.6) is 0 Å². The maximum absolute atomic E-state index is 13.2. The lowest BCUT2D eigenvalue weighted by molar-refractivity contribution is -0.133. The molecule has 2 amide bonds. The molecule has 0 bridgehead atoms. The van der Waals surface area contributed by atoms with Crippen molar-refractivity contribution in [1.82, 2.24) is 9.80 Å². The molecule has 0 atom stereocenters. The van der Waals surface area contributed by atoms with Crippen molar-refractivity contribution in [1.29, 1.82) is 0 Å². The van der Waals surface area contributed by atoms with E-state index in [1.165, 1.54) is 0 Å². The van der Waals surface area contributed by atoms with E-state index in [0.29, 0.717) is 19.5 Å². The first-order chi connectivity index (χ1) is 14.7. The lowest BCUT2D eigenvalue weighted by Crippen LogP contribution is -2.48. The van der Waals surface area contributed by atoms with E-state index in [-0.39, 0.29) is 24.0 Å². The first kappa shape index (κ1) is 22.9. The third-order valence-corrected chi connectivity index (χ3v) is 5.84. The molecule has 2 aromatic carbocycles. The Morgan fingerprint density at radius 2 is 1.45 bits per heavy atom. The molecule has 0 radical (unpaired) electrons. The van der Waals surface area contributed by atoms with Gasteiger partial charge in [0.15, 0.2) is 0 Å². The Kier molecular flexibility index (Phi) is 7.37. The highest BCUT2D eigenvalue weighted by Gasteiger charge is 2.31. The van der Waals surface area contributed by atoms with Gasteiger partial charge in [0, 0.05) is 38.5 Å². The van der Waals surface area contributed by atoms with E-state index in [4.69, 9.17) is 4.74 Å². The van der Waals surface area contributed by atoms with Crippen molar-refractivity contribution < 1.29 is 14.3 Å². The zero-order valence-corrected chi connectivity index (χ0v) is 19.1. The summed E-state index contributed by atoms with van der Waals surface area (Å²) in [5.41, 5.74) is 1.80. The second-order valence-electron chi connectivity index (χ2n) is 9.28. The topological polar surface area (TPSA) is 49.9 Å². The number of hydrogen-bond donors (Lipinski definition) is 0. The summed E-state index contributed by atoms with van der Waals surface area (Å²) in [7, 11) is 1.89. The SMILES string of the molecule is CN(C(=O)CC(c1ccccc1)c1ccccc1)C1CCN(C(=O)OC(C)(C)C)CC1. The lowest BCUT2D eigenvalue weighted by Gasteiger charge is -2.37. The smallest absolute Gasteiger partial charge is 0.410 e. The Labute approximate surface area is 186 Å². The standard InChI is InChI=1S/C26H34N2O3/c1-26(2,3)31-25(30)28-17-15-22(16-18-28)27(4)24(29)19-23(20-11-7-5-8-12-20)21-13-9-6-10-14-21/h5-14,22-23H,15-19H2,1-4H3. The Bertz CT molecular complexity index is 814. The summed E-state index contributed by atoms with van der Waals surface area (Å²) in [6, 6.07) is 20.6. The molecular weight excluding hydrogens is 388 g/mol. The normalized spacial score (nSPS) is 15.1. The number of carbonyl (C=O) groups is 2. The van der Waals surface area contributed by atoms with Crippen LogP contribution in [0.3, 0.4) is 0 Å². The minimum Gasteiger partial charge on any atom is -0.444 e. The number of nitrogens with zero attached hydrogens (tertiary/aromatic N) is 2. The zero-order chi connectivity index (χ0) is 22.4. The lowest BCUT2D eigenvalue weighted by atomic mass is 9.88. The fourth-order valence-corrected chi connectivity index (χ4v) is 4.08. The Balaban J connectivity index is 1.62. The van der Waals surface area contributed by atoms with Gasteiger partial charge >= 0.3 is 6.09 Å². The van der Waals surface area contributed by atoms with Gasteiger partial charge in [-0.2, -0.15) is 0 Å². The molecule has 1 aliphatic rings. The molecule has 3 rings (SSSR count). The van der Waals surface area contributed by atoms with Crippen LogP contribution >= 0.6 is 0 Å². The van der Waals surface area contributed by atoms with Gasteiger partial charge in [0.2, 0.25) is 5.91 Å². The average Bonchev–Trinajstić information content (AvgIpc) is 2.77. The first-order valence-corrected chi connectivity index (χ1v) is 11.1. The minimum absolute atomic E-state index is 0.0270. The summed E-state index contributed by atoms with van der Waals surface area (Å²) in [5.74, 6) is 0.160. The molecule has 0 N–H and O–H groups in total. The van der Waals surface area contributed by atoms with Crippen LogP contribution in [-0.2, 0) is 9.53 Å². The fourth-order valence-electron chi connectivity index (χ4n) is 4.08. The third-order valence-electron chi connectivity index (χ3n) is 5.84. The predicted molar refractivity (Wildman–Crippen MR) is 123 cm³/mol. The van der Waals surface area contributed by atoms with E-state index >= 15 is 0 Å². The van der Waals surface area contributed by atoms with E-state index in [1.807, 2.05) is 69.1 Å². The fraction of sp³-hybridized carbons (Fsp3) is 0.462. The van der Waals surface area contributed by atoms with Crippen LogP contribution < -0.4 is 0 Å². The molecule has 2 aromatic rings. The number of benzene rings is 2. The Morgan fingerprint density at radius 1 is 0.968 bits per heavy atom. The molecule has 1 saturated heterocycles. The van der Waals surface area contributed by atoms with Gasteiger partial charge in [0.25, 0.3) is 0 Å². The summed E-state index contributed by atoms with van der Waals surface area (Å²) < 4.78 is 5.48. The minimum atomic E-state index is -0.495. The van der Waals surface area contributed by atoms with Gasteiger partial charge in [-0.3, -0.25) is 4.79 Å².